The fraction of sp³-hybridized carbons (Fsp3) is 0.409. The number of nitrogens with zero attached hydrogens (tertiary/aromatic N) is 4. The molecular formula is C22H27N6O3+. The largest absolute Gasteiger partial charge is 0.493 e. The lowest BCUT2D eigenvalue weighted by molar-refractivity contribution is -0.668. The van der Waals surface area contributed by atoms with Gasteiger partial charge in [-0.3, -0.25) is 4.79 Å². The van der Waals surface area contributed by atoms with Crippen LogP contribution in [0.5, 0.6) is 11.5 Å². The zero-order chi connectivity index (χ0) is 22.1. The van der Waals surface area contributed by atoms with Crippen molar-refractivity contribution < 1.29 is 19.0 Å². The van der Waals surface area contributed by atoms with E-state index in [-0.39, 0.29) is 17.7 Å². The molecule has 2 aromatic heterocycles. The van der Waals surface area contributed by atoms with Gasteiger partial charge in [0.25, 0.3) is 11.6 Å². The van der Waals surface area contributed by atoms with Crippen LogP contribution < -0.4 is 19.5 Å². The van der Waals surface area contributed by atoms with Crippen molar-refractivity contribution in [1.82, 2.24) is 25.4 Å². The Hall–Kier alpha value is -3.49. The predicted molar refractivity (Wildman–Crippen MR) is 112 cm³/mol. The molecule has 1 fully saturated rings. The lowest BCUT2D eigenvalue weighted by atomic mass is 10.1. The van der Waals surface area contributed by atoms with E-state index in [1.165, 1.54) is 0 Å². The quantitative estimate of drug-likeness (QED) is 0.559. The highest BCUT2D eigenvalue weighted by molar-refractivity contribution is 5.82. The van der Waals surface area contributed by atoms with Crippen LogP contribution >= 0.6 is 0 Å². The maximum Gasteiger partial charge on any atom is 0.288 e. The van der Waals surface area contributed by atoms with Gasteiger partial charge in [-0.05, 0) is 24.1 Å². The lowest BCUT2D eigenvalue weighted by Crippen LogP contribution is -2.39. The van der Waals surface area contributed by atoms with Crippen LogP contribution in [0.15, 0.2) is 24.3 Å². The van der Waals surface area contributed by atoms with Crippen LogP contribution in [0.3, 0.4) is 0 Å². The summed E-state index contributed by atoms with van der Waals surface area (Å²) in [4.78, 5) is 25.8. The molecule has 1 amide bonds. The topological polar surface area (TPSA) is 106 Å². The molecule has 0 aliphatic heterocycles. The van der Waals surface area contributed by atoms with E-state index >= 15 is 0 Å². The molecule has 9 nitrogen and oxygen atoms in total. The van der Waals surface area contributed by atoms with Crippen molar-refractivity contribution in [2.75, 3.05) is 21.3 Å². The van der Waals surface area contributed by atoms with Crippen molar-refractivity contribution >= 4 is 5.91 Å². The third-order valence-electron chi connectivity index (χ3n) is 5.47. The molecule has 1 aliphatic carbocycles. The summed E-state index contributed by atoms with van der Waals surface area (Å²) in [5, 5.41) is 5.99. The number of rotatable bonds is 7. The molecule has 1 aromatic carbocycles. The second-order valence-corrected chi connectivity index (χ2v) is 7.69. The molecule has 9 heteroatoms. The van der Waals surface area contributed by atoms with Gasteiger partial charge in [0.1, 0.15) is 0 Å². The minimum atomic E-state index is -0.0214. The smallest absolute Gasteiger partial charge is 0.288 e. The number of aromatic amines is 1. The molecule has 2 unspecified atom stereocenters. The Morgan fingerprint density at radius 1 is 1.16 bits per heavy atom. The SMILES string of the molecule is CNC(=O)C1CC1c1cc(-[n+]2[nH]c(C)nc2Cc2ccc(OC)c(OC)c2)nc(C)n1. The van der Waals surface area contributed by atoms with E-state index < -0.39 is 0 Å². The van der Waals surface area contributed by atoms with Crippen molar-refractivity contribution in [2.24, 2.45) is 5.92 Å². The Balaban J connectivity index is 1.66. The molecule has 0 radical (unpaired) electrons. The van der Waals surface area contributed by atoms with Crippen molar-refractivity contribution in [1.29, 1.82) is 0 Å². The van der Waals surface area contributed by atoms with Crippen LogP contribution in [0, 0.1) is 19.8 Å². The third-order valence-corrected chi connectivity index (χ3v) is 5.47. The Kier molecular flexibility index (Phi) is 5.58. The number of benzene rings is 1. The van der Waals surface area contributed by atoms with Crippen LogP contribution in [-0.4, -0.2) is 47.2 Å². The second-order valence-electron chi connectivity index (χ2n) is 7.69. The van der Waals surface area contributed by atoms with Crippen LogP contribution in [0.2, 0.25) is 0 Å². The molecule has 3 aromatic rings. The number of aromatic nitrogens is 5. The van der Waals surface area contributed by atoms with Gasteiger partial charge in [0.05, 0.1) is 26.3 Å². The maximum absolute atomic E-state index is 12.0. The number of hydrogen-bond donors (Lipinski definition) is 2. The van der Waals surface area contributed by atoms with Gasteiger partial charge in [0.15, 0.2) is 11.5 Å². The van der Waals surface area contributed by atoms with Crippen molar-refractivity contribution in [2.45, 2.75) is 32.6 Å². The highest BCUT2D eigenvalue weighted by Gasteiger charge is 2.45. The third kappa shape index (κ3) is 4.21. The normalized spacial score (nSPS) is 17.3. The highest BCUT2D eigenvalue weighted by Crippen LogP contribution is 2.46. The van der Waals surface area contributed by atoms with Crippen molar-refractivity contribution in [3.05, 3.63) is 53.0 Å². The molecular weight excluding hydrogens is 396 g/mol. The minimum absolute atomic E-state index is 0.0214. The lowest BCUT2D eigenvalue weighted by Gasteiger charge is -2.08. The number of H-pyrrole nitrogens is 1. The zero-order valence-electron chi connectivity index (χ0n) is 18.4. The van der Waals surface area contributed by atoms with Crippen LogP contribution in [0.1, 0.15) is 41.1 Å². The molecule has 4 rings (SSSR count). The van der Waals surface area contributed by atoms with Gasteiger partial charge in [-0.25, -0.2) is 10.1 Å². The Morgan fingerprint density at radius 3 is 2.65 bits per heavy atom. The monoisotopic (exact) mass is 423 g/mol. The van der Waals surface area contributed by atoms with Gasteiger partial charge in [-0.15, -0.1) is 4.68 Å². The summed E-state index contributed by atoms with van der Waals surface area (Å²) in [6.45, 7) is 3.77. The molecule has 162 valence electrons. The Bertz CT molecular complexity index is 1130. The molecule has 0 bridgehead atoms. The summed E-state index contributed by atoms with van der Waals surface area (Å²) in [6.07, 6.45) is 1.38. The number of hydrogen-bond acceptors (Lipinski definition) is 6. The number of methoxy groups -OCH3 is 2. The van der Waals surface area contributed by atoms with E-state index in [1.807, 2.05) is 42.8 Å². The van der Waals surface area contributed by atoms with Crippen LogP contribution in [0.4, 0.5) is 0 Å². The summed E-state index contributed by atoms with van der Waals surface area (Å²) >= 11 is 0. The standard InChI is InChI=1S/C22H26N6O3/c1-12-24-17(15-10-16(15)22(29)23-3)11-21(25-12)28-20(26-13(2)27-28)9-14-6-7-18(30-4)19(8-14)31-5/h6-8,11,15-16H,9-10H2,1-5H3,(H,23,29)/p+1. The van der Waals surface area contributed by atoms with Gasteiger partial charge in [-0.1, -0.05) is 16.0 Å². The van der Waals surface area contributed by atoms with Gasteiger partial charge in [0.2, 0.25) is 17.6 Å². The fourth-order valence-corrected chi connectivity index (χ4v) is 3.85. The molecule has 2 atom stereocenters. The molecule has 31 heavy (non-hydrogen) atoms. The maximum atomic E-state index is 12.0. The highest BCUT2D eigenvalue weighted by atomic mass is 16.5. The number of carbonyl (C=O) groups excluding carboxylic acids is 1. The summed E-state index contributed by atoms with van der Waals surface area (Å²) in [6, 6.07) is 7.76. The number of aryl methyl sites for hydroxylation is 2. The molecule has 2 N–H and O–H groups in total. The number of ether oxygens (including phenoxy) is 2. The summed E-state index contributed by atoms with van der Waals surface area (Å²) in [5.74, 6) is 4.48. The number of carbonyl (C=O) groups is 1. The van der Waals surface area contributed by atoms with E-state index in [9.17, 15) is 4.79 Å². The van der Waals surface area contributed by atoms with Gasteiger partial charge < -0.3 is 14.8 Å². The summed E-state index contributed by atoms with van der Waals surface area (Å²) in [7, 11) is 4.90. The Labute approximate surface area is 180 Å². The van der Waals surface area contributed by atoms with Crippen LogP contribution in [0.25, 0.3) is 5.82 Å². The molecule has 2 heterocycles. The first-order chi connectivity index (χ1) is 14.9. The van der Waals surface area contributed by atoms with Gasteiger partial charge >= 0.3 is 0 Å². The first kappa shape index (κ1) is 20.8. The van der Waals surface area contributed by atoms with Crippen LogP contribution in [-0.2, 0) is 11.2 Å². The minimum Gasteiger partial charge on any atom is -0.493 e. The van der Waals surface area contributed by atoms with Crippen molar-refractivity contribution in [3.63, 3.8) is 0 Å². The summed E-state index contributed by atoms with van der Waals surface area (Å²) < 4.78 is 12.6. The predicted octanol–water partition coefficient (Wildman–Crippen LogP) is 1.55. The second kappa shape index (κ2) is 8.33. The molecule has 1 aliphatic rings. The van der Waals surface area contributed by atoms with E-state index in [1.54, 1.807) is 21.3 Å². The summed E-state index contributed by atoms with van der Waals surface area (Å²) in [5.41, 5.74) is 1.92. The van der Waals surface area contributed by atoms with E-state index in [4.69, 9.17) is 9.47 Å². The zero-order valence-corrected chi connectivity index (χ0v) is 18.4. The molecule has 0 spiro atoms. The fourth-order valence-electron chi connectivity index (χ4n) is 3.85. The van der Waals surface area contributed by atoms with Gasteiger partial charge in [-0.2, -0.15) is 0 Å². The van der Waals surface area contributed by atoms with Gasteiger partial charge in [0, 0.05) is 38.8 Å². The first-order valence-electron chi connectivity index (χ1n) is 10.2. The Morgan fingerprint density at radius 2 is 1.94 bits per heavy atom. The molecule has 1 saturated carbocycles. The van der Waals surface area contributed by atoms with E-state index in [0.29, 0.717) is 29.6 Å². The van der Waals surface area contributed by atoms with Crippen molar-refractivity contribution in [3.8, 4) is 17.3 Å². The van der Waals surface area contributed by atoms with E-state index in [0.717, 1.165) is 29.3 Å². The number of amides is 1. The average Bonchev–Trinajstić information content (AvgIpc) is 3.49. The number of nitrogens with one attached hydrogen (secondary N) is 2. The average molecular weight is 423 g/mol. The molecule has 0 saturated heterocycles. The van der Waals surface area contributed by atoms with E-state index in [2.05, 4.69) is 25.4 Å². The first-order valence-corrected chi connectivity index (χ1v) is 10.2.